The van der Waals surface area contributed by atoms with Crippen molar-refractivity contribution in [2.24, 2.45) is 0 Å². The summed E-state index contributed by atoms with van der Waals surface area (Å²) in [6.07, 6.45) is 1.66. The number of nitrogens with zero attached hydrogens (tertiary/aromatic N) is 3. The Morgan fingerprint density at radius 1 is 1.07 bits per heavy atom. The number of aromatic nitrogens is 4. The number of rotatable bonds is 5. The number of benzene rings is 2. The van der Waals surface area contributed by atoms with E-state index in [2.05, 4.69) is 26.0 Å². The molecule has 2 aromatic carbocycles. The van der Waals surface area contributed by atoms with Crippen molar-refractivity contribution < 1.29 is 9.15 Å². The van der Waals surface area contributed by atoms with E-state index in [-0.39, 0.29) is 0 Å². The summed E-state index contributed by atoms with van der Waals surface area (Å²) in [6, 6.07) is 19.2. The lowest BCUT2D eigenvalue weighted by Crippen LogP contribution is -1.84. The number of para-hydroxylation sites is 2. The molecule has 2 N–H and O–H groups in total. The predicted octanol–water partition coefficient (Wildman–Crippen LogP) is 5.26. The molecule has 8 heteroatoms. The quantitative estimate of drug-likeness (QED) is 0.381. The van der Waals surface area contributed by atoms with E-state index < -0.39 is 0 Å². The van der Waals surface area contributed by atoms with Gasteiger partial charge in [0.1, 0.15) is 23.4 Å². The largest absolute Gasteiger partial charge is 0.497 e. The van der Waals surface area contributed by atoms with Gasteiger partial charge in [0.25, 0.3) is 0 Å². The molecule has 5 aromatic rings. The van der Waals surface area contributed by atoms with Gasteiger partial charge in [0.05, 0.1) is 34.7 Å². The number of hydrogen-bond acceptors (Lipinski definition) is 6. The summed E-state index contributed by atoms with van der Waals surface area (Å²) in [5.74, 6) is 1.75. The number of allylic oxidation sites excluding steroid dienone is 1. The molecule has 0 aliphatic rings. The first-order valence-corrected chi connectivity index (χ1v) is 9.92. The maximum atomic E-state index is 9.62. The molecular weight excluding hydrogens is 398 g/mol. The number of methoxy groups -OCH3 is 1. The molecule has 0 radical (unpaired) electrons. The Bertz CT molecular complexity index is 1400. The molecule has 0 atom stereocenters. The standard InChI is InChI=1S/C22H15N5O2S/c1-28-14-6-8-18-19(11-14)25-21(24-18)13(12-23)10-15-7-9-20(29-15)30-22-26-16-4-2-3-5-17(16)27-22/h2-11H,1H3,(H,24,25)(H,26,27)/b13-10+. The van der Waals surface area contributed by atoms with Gasteiger partial charge in [0.15, 0.2) is 10.2 Å². The number of furan rings is 1. The Morgan fingerprint density at radius 3 is 2.77 bits per heavy atom. The highest BCUT2D eigenvalue weighted by Gasteiger charge is 2.11. The van der Waals surface area contributed by atoms with Crippen LogP contribution >= 0.6 is 11.8 Å². The highest BCUT2D eigenvalue weighted by Crippen LogP contribution is 2.30. The summed E-state index contributed by atoms with van der Waals surface area (Å²) in [5, 5.41) is 11.0. The normalized spacial score (nSPS) is 11.8. The lowest BCUT2D eigenvalue weighted by Gasteiger charge is -1.96. The van der Waals surface area contributed by atoms with Crippen molar-refractivity contribution in [1.29, 1.82) is 5.26 Å². The fourth-order valence-electron chi connectivity index (χ4n) is 3.08. The molecule has 0 spiro atoms. The van der Waals surface area contributed by atoms with Crippen molar-refractivity contribution >= 4 is 45.5 Å². The van der Waals surface area contributed by atoms with Crippen LogP contribution in [0, 0.1) is 11.3 Å². The van der Waals surface area contributed by atoms with Crippen LogP contribution in [0.3, 0.4) is 0 Å². The SMILES string of the molecule is COc1ccc2nc(/C(C#N)=C/c3ccc(Sc4nc5ccccc5[nH]4)o3)[nH]c2c1. The minimum absolute atomic E-state index is 0.375. The lowest BCUT2D eigenvalue weighted by atomic mass is 10.2. The van der Waals surface area contributed by atoms with Gasteiger partial charge in [-0.25, -0.2) is 9.97 Å². The Labute approximate surface area is 175 Å². The van der Waals surface area contributed by atoms with Crippen molar-refractivity contribution in [3.8, 4) is 11.8 Å². The van der Waals surface area contributed by atoms with E-state index in [1.54, 1.807) is 13.2 Å². The number of imidazole rings is 2. The molecule has 146 valence electrons. The van der Waals surface area contributed by atoms with E-state index in [0.717, 1.165) is 33.0 Å². The van der Waals surface area contributed by atoms with E-state index in [4.69, 9.17) is 9.15 Å². The molecule has 0 saturated heterocycles. The van der Waals surface area contributed by atoms with Gasteiger partial charge in [-0.05, 0) is 48.2 Å². The average molecular weight is 413 g/mol. The lowest BCUT2D eigenvalue weighted by molar-refractivity contribution is 0.415. The number of nitriles is 1. The molecular formula is C22H15N5O2S. The molecule has 0 fully saturated rings. The van der Waals surface area contributed by atoms with E-state index in [0.29, 0.717) is 22.3 Å². The van der Waals surface area contributed by atoms with Gasteiger partial charge in [-0.3, -0.25) is 0 Å². The third-order valence-corrected chi connectivity index (χ3v) is 5.33. The minimum Gasteiger partial charge on any atom is -0.497 e. The van der Waals surface area contributed by atoms with Gasteiger partial charge in [-0.2, -0.15) is 5.26 Å². The molecule has 0 bridgehead atoms. The number of H-pyrrole nitrogens is 2. The first-order chi connectivity index (χ1) is 14.7. The molecule has 0 saturated carbocycles. The van der Waals surface area contributed by atoms with E-state index in [1.807, 2.05) is 54.6 Å². The van der Waals surface area contributed by atoms with E-state index >= 15 is 0 Å². The molecule has 0 unspecified atom stereocenters. The molecule has 0 aliphatic carbocycles. The maximum Gasteiger partial charge on any atom is 0.174 e. The molecule has 30 heavy (non-hydrogen) atoms. The molecule has 3 aromatic heterocycles. The second kappa shape index (κ2) is 7.46. The highest BCUT2D eigenvalue weighted by molar-refractivity contribution is 7.99. The van der Waals surface area contributed by atoms with Gasteiger partial charge in [0, 0.05) is 12.1 Å². The van der Waals surface area contributed by atoms with Crippen LogP contribution in [0.15, 0.2) is 69.3 Å². The summed E-state index contributed by atoms with van der Waals surface area (Å²) in [5.41, 5.74) is 3.80. The molecule has 5 rings (SSSR count). The van der Waals surface area contributed by atoms with Crippen LogP contribution < -0.4 is 4.74 Å². The summed E-state index contributed by atoms with van der Waals surface area (Å²) in [7, 11) is 1.61. The Morgan fingerprint density at radius 2 is 1.93 bits per heavy atom. The smallest absolute Gasteiger partial charge is 0.174 e. The zero-order valence-electron chi connectivity index (χ0n) is 15.8. The zero-order valence-corrected chi connectivity index (χ0v) is 16.7. The number of ether oxygens (including phenoxy) is 1. The Hall–Kier alpha value is -3.96. The molecule has 0 aliphatic heterocycles. The van der Waals surface area contributed by atoms with Crippen LogP contribution in [0.2, 0.25) is 0 Å². The first kappa shape index (κ1) is 18.1. The van der Waals surface area contributed by atoms with Crippen molar-refractivity contribution in [1.82, 2.24) is 19.9 Å². The Balaban J connectivity index is 1.41. The van der Waals surface area contributed by atoms with Gasteiger partial charge in [-0.15, -0.1) is 0 Å². The number of aromatic amines is 2. The van der Waals surface area contributed by atoms with Crippen LogP contribution in [-0.2, 0) is 0 Å². The maximum absolute atomic E-state index is 9.62. The number of hydrogen-bond donors (Lipinski definition) is 2. The highest BCUT2D eigenvalue weighted by atomic mass is 32.2. The second-order valence-electron chi connectivity index (χ2n) is 6.46. The average Bonchev–Trinajstić information content (AvgIpc) is 3.49. The summed E-state index contributed by atoms with van der Waals surface area (Å²) in [4.78, 5) is 15.4. The van der Waals surface area contributed by atoms with E-state index in [1.165, 1.54) is 11.8 Å². The topological polar surface area (TPSA) is 104 Å². The summed E-state index contributed by atoms with van der Waals surface area (Å²) >= 11 is 1.39. The monoisotopic (exact) mass is 413 g/mol. The van der Waals surface area contributed by atoms with Crippen LogP contribution in [0.4, 0.5) is 0 Å². The van der Waals surface area contributed by atoms with E-state index in [9.17, 15) is 5.26 Å². The van der Waals surface area contributed by atoms with Crippen LogP contribution in [0.5, 0.6) is 5.75 Å². The van der Waals surface area contributed by atoms with Crippen molar-refractivity contribution in [2.75, 3.05) is 7.11 Å². The van der Waals surface area contributed by atoms with Gasteiger partial charge in [0.2, 0.25) is 0 Å². The van der Waals surface area contributed by atoms with Gasteiger partial charge < -0.3 is 19.1 Å². The van der Waals surface area contributed by atoms with Crippen molar-refractivity contribution in [3.05, 3.63) is 66.2 Å². The van der Waals surface area contributed by atoms with Crippen LogP contribution in [0.25, 0.3) is 33.7 Å². The zero-order chi connectivity index (χ0) is 20.5. The number of nitrogens with one attached hydrogen (secondary N) is 2. The van der Waals surface area contributed by atoms with Gasteiger partial charge in [-0.1, -0.05) is 12.1 Å². The first-order valence-electron chi connectivity index (χ1n) is 9.10. The Kier molecular flexibility index (Phi) is 4.50. The molecule has 7 nitrogen and oxygen atoms in total. The van der Waals surface area contributed by atoms with Crippen LogP contribution in [-0.4, -0.2) is 27.0 Å². The van der Waals surface area contributed by atoms with Crippen molar-refractivity contribution in [2.45, 2.75) is 10.2 Å². The summed E-state index contributed by atoms with van der Waals surface area (Å²) in [6.45, 7) is 0. The molecule has 3 heterocycles. The third-order valence-electron chi connectivity index (χ3n) is 4.52. The van der Waals surface area contributed by atoms with Crippen LogP contribution in [0.1, 0.15) is 11.6 Å². The number of fused-ring (bicyclic) bond motifs is 2. The third kappa shape index (κ3) is 3.43. The predicted molar refractivity (Wildman–Crippen MR) is 115 cm³/mol. The molecule has 0 amide bonds. The van der Waals surface area contributed by atoms with Gasteiger partial charge >= 0.3 is 0 Å². The fourth-order valence-corrected chi connectivity index (χ4v) is 3.85. The fraction of sp³-hybridized carbons (Fsp3) is 0.0455. The second-order valence-corrected chi connectivity index (χ2v) is 7.45. The summed E-state index contributed by atoms with van der Waals surface area (Å²) < 4.78 is 11.1. The van der Waals surface area contributed by atoms with Crippen molar-refractivity contribution in [3.63, 3.8) is 0 Å². The minimum atomic E-state index is 0.375.